The number of ether oxygens (including phenoxy) is 3. The van der Waals surface area contributed by atoms with Crippen molar-refractivity contribution in [3.8, 4) is 28.8 Å². The first-order chi connectivity index (χ1) is 14.6. The van der Waals surface area contributed by atoms with E-state index in [1.54, 1.807) is 37.2 Å². The Bertz CT molecular complexity index is 1110. The van der Waals surface area contributed by atoms with Crippen LogP contribution in [0.4, 0.5) is 0 Å². The van der Waals surface area contributed by atoms with Crippen LogP contribution >= 0.6 is 0 Å². The van der Waals surface area contributed by atoms with Gasteiger partial charge in [-0.25, -0.2) is 4.79 Å². The van der Waals surface area contributed by atoms with Gasteiger partial charge >= 0.3 is 5.97 Å². The molecule has 0 fully saturated rings. The molecule has 2 aromatic carbocycles. The van der Waals surface area contributed by atoms with Crippen LogP contribution in [0.25, 0.3) is 17.3 Å². The molecule has 1 aromatic heterocycles. The van der Waals surface area contributed by atoms with Gasteiger partial charge in [-0.2, -0.15) is 10.4 Å². The van der Waals surface area contributed by atoms with Gasteiger partial charge in [0.1, 0.15) is 11.6 Å². The second-order valence-corrected chi connectivity index (χ2v) is 6.35. The van der Waals surface area contributed by atoms with E-state index in [0.29, 0.717) is 29.3 Å². The van der Waals surface area contributed by atoms with E-state index in [1.165, 1.54) is 13.2 Å². The second-order valence-electron chi connectivity index (χ2n) is 6.35. The van der Waals surface area contributed by atoms with Crippen LogP contribution in [-0.4, -0.2) is 37.1 Å². The van der Waals surface area contributed by atoms with Crippen molar-refractivity contribution in [1.29, 1.82) is 5.26 Å². The maximum atomic E-state index is 11.9. The van der Waals surface area contributed by atoms with Crippen molar-refractivity contribution in [2.45, 2.75) is 6.54 Å². The smallest absolute Gasteiger partial charge is 0.348 e. The molecule has 7 heteroatoms. The van der Waals surface area contributed by atoms with Crippen LogP contribution < -0.4 is 9.47 Å². The van der Waals surface area contributed by atoms with Crippen LogP contribution in [0.3, 0.4) is 0 Å². The quantitative estimate of drug-likeness (QED) is 0.340. The van der Waals surface area contributed by atoms with E-state index in [0.717, 1.165) is 11.1 Å². The monoisotopic (exact) mass is 403 g/mol. The lowest BCUT2D eigenvalue weighted by molar-refractivity contribution is -0.135. The molecule has 1 heterocycles. The minimum Gasteiger partial charge on any atom is -0.493 e. The van der Waals surface area contributed by atoms with E-state index in [9.17, 15) is 10.1 Å². The average Bonchev–Trinajstić information content (AvgIpc) is 3.19. The zero-order valence-electron chi connectivity index (χ0n) is 17.0. The molecular formula is C23H21N3O4. The Morgan fingerprint density at radius 1 is 1.10 bits per heavy atom. The molecule has 0 aliphatic rings. The van der Waals surface area contributed by atoms with Crippen LogP contribution in [0.2, 0.25) is 0 Å². The number of hydrogen-bond acceptors (Lipinski definition) is 6. The molecule has 7 nitrogen and oxygen atoms in total. The fourth-order valence-corrected chi connectivity index (χ4v) is 3.00. The molecule has 0 amide bonds. The molecule has 3 aromatic rings. The zero-order chi connectivity index (χ0) is 21.5. The number of benzene rings is 2. The Kier molecular flexibility index (Phi) is 6.50. The fraction of sp³-hybridized carbons (Fsp3) is 0.174. The van der Waals surface area contributed by atoms with Gasteiger partial charge in [0.25, 0.3) is 0 Å². The van der Waals surface area contributed by atoms with Gasteiger partial charge in [0.15, 0.2) is 11.5 Å². The molecule has 0 saturated carbocycles. The highest BCUT2D eigenvalue weighted by molar-refractivity contribution is 5.98. The van der Waals surface area contributed by atoms with E-state index < -0.39 is 5.97 Å². The second kappa shape index (κ2) is 9.43. The summed E-state index contributed by atoms with van der Waals surface area (Å²) in [6.45, 7) is 0.537. The predicted molar refractivity (Wildman–Crippen MR) is 112 cm³/mol. The molecule has 152 valence electrons. The molecule has 0 unspecified atom stereocenters. The van der Waals surface area contributed by atoms with Gasteiger partial charge in [-0.15, -0.1) is 0 Å². The molecule has 3 rings (SSSR count). The third kappa shape index (κ3) is 4.50. The topological polar surface area (TPSA) is 86.4 Å². The number of carbonyl (C=O) groups excluding carboxylic acids is 1. The molecule has 0 saturated heterocycles. The fourth-order valence-electron chi connectivity index (χ4n) is 3.00. The van der Waals surface area contributed by atoms with Crippen molar-refractivity contribution >= 4 is 12.0 Å². The van der Waals surface area contributed by atoms with Gasteiger partial charge in [0.05, 0.1) is 33.6 Å². The summed E-state index contributed by atoms with van der Waals surface area (Å²) >= 11 is 0. The highest BCUT2D eigenvalue weighted by atomic mass is 16.5. The Morgan fingerprint density at radius 2 is 1.83 bits per heavy atom. The molecule has 0 spiro atoms. The summed E-state index contributed by atoms with van der Waals surface area (Å²) in [6, 6.07) is 17.2. The Hall–Kier alpha value is -4.05. The normalized spacial score (nSPS) is 10.9. The number of aromatic nitrogens is 2. The third-order valence-electron chi connectivity index (χ3n) is 4.46. The van der Waals surface area contributed by atoms with E-state index in [4.69, 9.17) is 19.3 Å². The SMILES string of the molecule is COC(=O)/C(C#N)=C/c1cn(Cc2ccccc2)nc1-c1ccc(OC)c(OC)c1. The lowest BCUT2D eigenvalue weighted by atomic mass is 10.1. The molecular weight excluding hydrogens is 382 g/mol. The molecule has 0 N–H and O–H groups in total. The van der Waals surface area contributed by atoms with Crippen molar-refractivity contribution in [1.82, 2.24) is 9.78 Å². The molecule has 0 aliphatic heterocycles. The van der Waals surface area contributed by atoms with E-state index >= 15 is 0 Å². The number of nitrogens with zero attached hydrogens (tertiary/aromatic N) is 3. The summed E-state index contributed by atoms with van der Waals surface area (Å²) in [4.78, 5) is 11.9. The van der Waals surface area contributed by atoms with Gasteiger partial charge < -0.3 is 14.2 Å². The number of rotatable bonds is 7. The Morgan fingerprint density at radius 3 is 2.47 bits per heavy atom. The van der Waals surface area contributed by atoms with Crippen molar-refractivity contribution in [2.75, 3.05) is 21.3 Å². The lowest BCUT2D eigenvalue weighted by Crippen LogP contribution is -2.02. The zero-order valence-corrected chi connectivity index (χ0v) is 17.0. The van der Waals surface area contributed by atoms with E-state index in [-0.39, 0.29) is 5.57 Å². The third-order valence-corrected chi connectivity index (χ3v) is 4.46. The van der Waals surface area contributed by atoms with Gasteiger partial charge in [0.2, 0.25) is 0 Å². The highest BCUT2D eigenvalue weighted by Crippen LogP contribution is 2.33. The lowest BCUT2D eigenvalue weighted by Gasteiger charge is -2.09. The minimum atomic E-state index is -0.702. The average molecular weight is 403 g/mol. The Labute approximate surface area is 174 Å². The number of esters is 1. The standard InChI is InChI=1S/C23H21N3O4/c1-28-20-10-9-17(12-21(20)29-2)22-19(11-18(13-24)23(27)30-3)15-26(25-22)14-16-7-5-4-6-8-16/h4-12,15H,14H2,1-3H3/b18-11+. The molecule has 0 radical (unpaired) electrons. The van der Waals surface area contributed by atoms with Crippen molar-refractivity contribution in [3.63, 3.8) is 0 Å². The van der Waals surface area contributed by atoms with Crippen molar-refractivity contribution < 1.29 is 19.0 Å². The largest absolute Gasteiger partial charge is 0.493 e. The van der Waals surface area contributed by atoms with E-state index in [1.807, 2.05) is 42.5 Å². The van der Waals surface area contributed by atoms with Crippen LogP contribution in [0.1, 0.15) is 11.1 Å². The minimum absolute atomic E-state index is 0.113. The maximum absolute atomic E-state index is 11.9. The number of nitriles is 1. The van der Waals surface area contributed by atoms with Gasteiger partial charge in [-0.3, -0.25) is 4.68 Å². The van der Waals surface area contributed by atoms with Gasteiger partial charge in [-0.1, -0.05) is 30.3 Å². The van der Waals surface area contributed by atoms with Crippen molar-refractivity contribution in [2.24, 2.45) is 0 Å². The van der Waals surface area contributed by atoms with Crippen LogP contribution in [0.5, 0.6) is 11.5 Å². The summed E-state index contributed by atoms with van der Waals surface area (Å²) in [5, 5.41) is 14.1. The van der Waals surface area contributed by atoms with Gasteiger partial charge in [-0.05, 0) is 29.8 Å². The summed E-state index contributed by atoms with van der Waals surface area (Å²) in [7, 11) is 4.36. The molecule has 0 atom stereocenters. The predicted octanol–water partition coefficient (Wildman–Crippen LogP) is 3.70. The van der Waals surface area contributed by atoms with E-state index in [2.05, 4.69) is 0 Å². The maximum Gasteiger partial charge on any atom is 0.348 e. The first kappa shape index (κ1) is 20.7. The highest BCUT2D eigenvalue weighted by Gasteiger charge is 2.16. The van der Waals surface area contributed by atoms with Crippen LogP contribution in [0, 0.1) is 11.3 Å². The molecule has 30 heavy (non-hydrogen) atoms. The molecule has 0 bridgehead atoms. The molecule has 0 aliphatic carbocycles. The summed E-state index contributed by atoms with van der Waals surface area (Å²) in [6.07, 6.45) is 3.27. The summed E-state index contributed by atoms with van der Waals surface area (Å²) in [5.74, 6) is 0.442. The number of hydrogen-bond donors (Lipinski definition) is 0. The summed E-state index contributed by atoms with van der Waals surface area (Å²) in [5.41, 5.74) is 2.93. The van der Waals surface area contributed by atoms with Crippen molar-refractivity contribution in [3.05, 3.63) is 71.4 Å². The Balaban J connectivity index is 2.11. The number of methoxy groups -OCH3 is 3. The van der Waals surface area contributed by atoms with Gasteiger partial charge in [0, 0.05) is 17.3 Å². The van der Waals surface area contributed by atoms with Crippen LogP contribution in [0.15, 0.2) is 60.3 Å². The first-order valence-corrected chi connectivity index (χ1v) is 9.13. The first-order valence-electron chi connectivity index (χ1n) is 9.13. The number of carbonyl (C=O) groups is 1. The van der Waals surface area contributed by atoms with Crippen LogP contribution in [-0.2, 0) is 16.1 Å². The summed E-state index contributed by atoms with van der Waals surface area (Å²) < 4.78 is 17.2.